The molecule has 118 valence electrons. The minimum Gasteiger partial charge on any atom is -0.342 e. The zero-order chi connectivity index (χ0) is 16.1. The van der Waals surface area contributed by atoms with Gasteiger partial charge in [-0.05, 0) is 42.7 Å². The van der Waals surface area contributed by atoms with Crippen molar-refractivity contribution in [3.05, 3.63) is 48.3 Å². The summed E-state index contributed by atoms with van der Waals surface area (Å²) in [7, 11) is 1.82. The first kappa shape index (κ1) is 16.2. The molecule has 1 aromatic carbocycles. The third kappa shape index (κ3) is 3.95. The van der Waals surface area contributed by atoms with E-state index in [9.17, 15) is 4.79 Å². The molecule has 1 unspecified atom stereocenters. The van der Waals surface area contributed by atoms with E-state index in [0.29, 0.717) is 18.0 Å². The number of benzene rings is 1. The summed E-state index contributed by atoms with van der Waals surface area (Å²) in [4.78, 5) is 14.1. The third-order valence-electron chi connectivity index (χ3n) is 3.88. The third-order valence-corrected chi connectivity index (χ3v) is 3.88. The smallest absolute Gasteiger partial charge is 0.253 e. The van der Waals surface area contributed by atoms with E-state index in [1.54, 1.807) is 15.8 Å². The van der Waals surface area contributed by atoms with Crippen LogP contribution in [0, 0.1) is 5.92 Å². The lowest BCUT2D eigenvalue weighted by Crippen LogP contribution is -2.34. The van der Waals surface area contributed by atoms with Crippen LogP contribution < -0.4 is 5.73 Å². The first-order chi connectivity index (χ1) is 10.5. The summed E-state index contributed by atoms with van der Waals surface area (Å²) < 4.78 is 1.76. The van der Waals surface area contributed by atoms with E-state index in [2.05, 4.69) is 18.9 Å². The Morgan fingerprint density at radius 3 is 2.55 bits per heavy atom. The van der Waals surface area contributed by atoms with Crippen LogP contribution in [0.4, 0.5) is 0 Å². The van der Waals surface area contributed by atoms with Crippen molar-refractivity contribution in [1.29, 1.82) is 0 Å². The highest BCUT2D eigenvalue weighted by molar-refractivity contribution is 5.94. The molecule has 0 saturated carbocycles. The molecule has 2 rings (SSSR count). The molecule has 5 nitrogen and oxygen atoms in total. The van der Waals surface area contributed by atoms with Crippen LogP contribution >= 0.6 is 0 Å². The van der Waals surface area contributed by atoms with Gasteiger partial charge in [0.1, 0.15) is 0 Å². The Morgan fingerprint density at radius 2 is 2.00 bits per heavy atom. The molecule has 0 aliphatic rings. The van der Waals surface area contributed by atoms with E-state index in [1.807, 2.05) is 43.6 Å². The Bertz CT molecular complexity index is 590. The van der Waals surface area contributed by atoms with Crippen molar-refractivity contribution >= 4 is 5.91 Å². The standard InChI is InChI=1S/C17H24N4O/c1-13(2)16(18)9-12-20(3)17(22)14-5-7-15(8-6-14)21-11-4-10-19-21/h4-8,10-11,13,16H,9,12,18H2,1-3H3. The number of aromatic nitrogens is 2. The van der Waals surface area contributed by atoms with Gasteiger partial charge in [0.2, 0.25) is 0 Å². The largest absolute Gasteiger partial charge is 0.342 e. The van der Waals surface area contributed by atoms with Crippen LogP contribution in [0.3, 0.4) is 0 Å². The van der Waals surface area contributed by atoms with Crippen LogP contribution in [0.15, 0.2) is 42.7 Å². The lowest BCUT2D eigenvalue weighted by atomic mass is 10.0. The molecule has 1 amide bonds. The first-order valence-corrected chi connectivity index (χ1v) is 7.60. The molecule has 1 heterocycles. The Morgan fingerprint density at radius 1 is 1.32 bits per heavy atom. The maximum atomic E-state index is 12.4. The van der Waals surface area contributed by atoms with Gasteiger partial charge in [-0.15, -0.1) is 0 Å². The molecule has 2 N–H and O–H groups in total. The number of rotatable bonds is 6. The predicted octanol–water partition coefficient (Wildman–Crippen LogP) is 2.32. The van der Waals surface area contributed by atoms with Gasteiger partial charge in [0.05, 0.1) is 5.69 Å². The minimum absolute atomic E-state index is 0.0166. The maximum absolute atomic E-state index is 12.4. The van der Waals surface area contributed by atoms with Gasteiger partial charge in [-0.25, -0.2) is 4.68 Å². The molecular formula is C17H24N4O. The summed E-state index contributed by atoms with van der Waals surface area (Å²) in [5, 5.41) is 4.17. The van der Waals surface area contributed by atoms with Crippen molar-refractivity contribution in [1.82, 2.24) is 14.7 Å². The summed E-state index contributed by atoms with van der Waals surface area (Å²) in [6.07, 6.45) is 4.41. The van der Waals surface area contributed by atoms with E-state index < -0.39 is 0 Å². The summed E-state index contributed by atoms with van der Waals surface area (Å²) in [5.74, 6) is 0.444. The number of nitrogens with zero attached hydrogens (tertiary/aromatic N) is 3. The zero-order valence-electron chi connectivity index (χ0n) is 13.4. The van der Waals surface area contributed by atoms with Crippen molar-refractivity contribution in [2.24, 2.45) is 11.7 Å². The molecule has 0 spiro atoms. The lowest BCUT2D eigenvalue weighted by Gasteiger charge is -2.21. The predicted molar refractivity (Wildman–Crippen MR) is 88.0 cm³/mol. The Kier molecular flexibility index (Phi) is 5.33. The van der Waals surface area contributed by atoms with Crippen molar-refractivity contribution in [3.63, 3.8) is 0 Å². The van der Waals surface area contributed by atoms with Crippen LogP contribution in [0.2, 0.25) is 0 Å². The molecule has 0 bridgehead atoms. The minimum atomic E-state index is 0.0166. The van der Waals surface area contributed by atoms with Gasteiger partial charge in [0.25, 0.3) is 5.91 Å². The SMILES string of the molecule is CC(C)C(N)CCN(C)C(=O)c1ccc(-n2cccn2)cc1. The number of hydrogen-bond acceptors (Lipinski definition) is 3. The lowest BCUT2D eigenvalue weighted by molar-refractivity contribution is 0.0789. The molecular weight excluding hydrogens is 276 g/mol. The molecule has 0 saturated heterocycles. The monoisotopic (exact) mass is 300 g/mol. The number of hydrogen-bond donors (Lipinski definition) is 1. The van der Waals surface area contributed by atoms with Crippen molar-refractivity contribution in [2.75, 3.05) is 13.6 Å². The van der Waals surface area contributed by atoms with Crippen molar-refractivity contribution < 1.29 is 4.79 Å². The first-order valence-electron chi connectivity index (χ1n) is 7.60. The number of carbonyl (C=O) groups is 1. The number of nitrogens with two attached hydrogens (primary N) is 1. The van der Waals surface area contributed by atoms with Crippen molar-refractivity contribution in [3.8, 4) is 5.69 Å². The van der Waals surface area contributed by atoms with E-state index in [-0.39, 0.29) is 11.9 Å². The molecule has 1 atom stereocenters. The van der Waals surface area contributed by atoms with Gasteiger partial charge in [-0.1, -0.05) is 13.8 Å². The van der Waals surface area contributed by atoms with Gasteiger partial charge in [0, 0.05) is 37.6 Å². The molecule has 0 aliphatic carbocycles. The van der Waals surface area contributed by atoms with Crippen LogP contribution in [0.5, 0.6) is 0 Å². The molecule has 0 radical (unpaired) electrons. The second kappa shape index (κ2) is 7.22. The maximum Gasteiger partial charge on any atom is 0.253 e. The fourth-order valence-corrected chi connectivity index (χ4v) is 2.18. The van der Waals surface area contributed by atoms with E-state index in [1.165, 1.54) is 0 Å². The second-order valence-corrected chi connectivity index (χ2v) is 5.92. The Labute approximate surface area is 131 Å². The van der Waals surface area contributed by atoms with E-state index >= 15 is 0 Å². The zero-order valence-corrected chi connectivity index (χ0v) is 13.4. The van der Waals surface area contributed by atoms with Gasteiger partial charge in [-0.2, -0.15) is 5.10 Å². The summed E-state index contributed by atoms with van der Waals surface area (Å²) in [6.45, 7) is 4.86. The van der Waals surface area contributed by atoms with Crippen LogP contribution in [0.25, 0.3) is 5.69 Å². The summed E-state index contributed by atoms with van der Waals surface area (Å²) in [6, 6.07) is 9.45. The summed E-state index contributed by atoms with van der Waals surface area (Å²) in [5.41, 5.74) is 7.64. The number of carbonyl (C=O) groups excluding carboxylic acids is 1. The van der Waals surface area contributed by atoms with Gasteiger partial charge in [0.15, 0.2) is 0 Å². The van der Waals surface area contributed by atoms with Crippen LogP contribution in [0.1, 0.15) is 30.6 Å². The van der Waals surface area contributed by atoms with Gasteiger partial charge >= 0.3 is 0 Å². The molecule has 2 aromatic rings. The topological polar surface area (TPSA) is 64.2 Å². The molecule has 22 heavy (non-hydrogen) atoms. The van der Waals surface area contributed by atoms with Crippen LogP contribution in [-0.4, -0.2) is 40.2 Å². The highest BCUT2D eigenvalue weighted by Crippen LogP contribution is 2.11. The summed E-state index contributed by atoms with van der Waals surface area (Å²) >= 11 is 0. The molecule has 0 fully saturated rings. The normalized spacial score (nSPS) is 12.4. The van der Waals surface area contributed by atoms with E-state index in [0.717, 1.165) is 12.1 Å². The Hall–Kier alpha value is -2.14. The average molecular weight is 300 g/mol. The fourth-order valence-electron chi connectivity index (χ4n) is 2.18. The molecule has 5 heteroatoms. The quantitative estimate of drug-likeness (QED) is 0.890. The van der Waals surface area contributed by atoms with Gasteiger partial charge < -0.3 is 10.6 Å². The highest BCUT2D eigenvalue weighted by atomic mass is 16.2. The molecule has 1 aromatic heterocycles. The Balaban J connectivity index is 1.97. The highest BCUT2D eigenvalue weighted by Gasteiger charge is 2.14. The van der Waals surface area contributed by atoms with Crippen molar-refractivity contribution in [2.45, 2.75) is 26.3 Å². The van der Waals surface area contributed by atoms with Gasteiger partial charge in [-0.3, -0.25) is 4.79 Å². The van der Waals surface area contributed by atoms with Crippen LogP contribution in [-0.2, 0) is 0 Å². The average Bonchev–Trinajstić information content (AvgIpc) is 3.06. The molecule has 0 aliphatic heterocycles. The fraction of sp³-hybridized carbons (Fsp3) is 0.412. The number of amides is 1. The second-order valence-electron chi connectivity index (χ2n) is 5.92. The van der Waals surface area contributed by atoms with E-state index in [4.69, 9.17) is 5.73 Å².